The van der Waals surface area contributed by atoms with Crippen molar-refractivity contribution in [2.75, 3.05) is 26.7 Å². The molecule has 0 spiro atoms. The van der Waals surface area contributed by atoms with Gasteiger partial charge in [-0.15, -0.1) is 11.6 Å². The number of aliphatic hydroxyl groups is 1. The van der Waals surface area contributed by atoms with Crippen LogP contribution in [0.2, 0.25) is 0 Å². The zero-order chi connectivity index (χ0) is 12.0. The highest BCUT2D eigenvalue weighted by molar-refractivity contribution is 6.21. The third kappa shape index (κ3) is 4.12. The summed E-state index contributed by atoms with van der Waals surface area (Å²) < 4.78 is 0. The van der Waals surface area contributed by atoms with Crippen molar-refractivity contribution in [2.24, 2.45) is 0 Å². The number of nitrogens with zero attached hydrogens (tertiary/aromatic N) is 1. The van der Waals surface area contributed by atoms with Crippen LogP contribution in [0.15, 0.2) is 24.3 Å². The minimum atomic E-state index is -0.0116. The molecule has 1 N–H and O–H groups in total. The quantitative estimate of drug-likeness (QED) is 0.774. The Labute approximate surface area is 103 Å². The minimum absolute atomic E-state index is 0.0116. The molecule has 0 fully saturated rings. The molecule has 1 unspecified atom stereocenters. The van der Waals surface area contributed by atoms with Gasteiger partial charge in [-0.3, -0.25) is 0 Å². The average Bonchev–Trinajstić information content (AvgIpc) is 2.29. The lowest BCUT2D eigenvalue weighted by atomic mass is 10.1. The van der Waals surface area contributed by atoms with E-state index in [2.05, 4.69) is 31.2 Å². The van der Waals surface area contributed by atoms with Crippen LogP contribution in [0.4, 0.5) is 0 Å². The van der Waals surface area contributed by atoms with Crippen LogP contribution in [0.3, 0.4) is 0 Å². The number of rotatable bonds is 6. The molecule has 0 aliphatic heterocycles. The molecule has 0 aromatic heterocycles. The summed E-state index contributed by atoms with van der Waals surface area (Å²) in [5, 5.41) is 8.79. The van der Waals surface area contributed by atoms with E-state index in [9.17, 15) is 0 Å². The fraction of sp³-hybridized carbons (Fsp3) is 0.538. The van der Waals surface area contributed by atoms with Crippen LogP contribution in [-0.4, -0.2) is 36.8 Å². The molecule has 0 saturated carbocycles. The number of aliphatic hydroxyl groups excluding tert-OH is 1. The van der Waals surface area contributed by atoms with E-state index in [0.29, 0.717) is 6.54 Å². The van der Waals surface area contributed by atoms with Crippen LogP contribution in [0.5, 0.6) is 0 Å². The third-order valence-electron chi connectivity index (χ3n) is 2.70. The number of alkyl halides is 1. The Kier molecular flexibility index (Phi) is 5.81. The first-order valence-corrected chi connectivity index (χ1v) is 6.13. The normalized spacial score (nSPS) is 13.1. The maximum absolute atomic E-state index is 8.80. The van der Waals surface area contributed by atoms with Gasteiger partial charge in [0.2, 0.25) is 0 Å². The van der Waals surface area contributed by atoms with Gasteiger partial charge >= 0.3 is 0 Å². The summed E-state index contributed by atoms with van der Waals surface area (Å²) in [6.45, 7) is 3.74. The molecule has 2 nitrogen and oxygen atoms in total. The van der Waals surface area contributed by atoms with Crippen molar-refractivity contribution in [1.29, 1.82) is 0 Å². The van der Waals surface area contributed by atoms with Crippen molar-refractivity contribution in [2.45, 2.75) is 18.7 Å². The SMILES string of the molecule is CCc1ccc(C(Cl)CN(C)CCO)cc1. The Morgan fingerprint density at radius 3 is 2.44 bits per heavy atom. The minimum Gasteiger partial charge on any atom is -0.395 e. The summed E-state index contributed by atoms with van der Waals surface area (Å²) in [4.78, 5) is 2.03. The highest BCUT2D eigenvalue weighted by Crippen LogP contribution is 2.21. The van der Waals surface area contributed by atoms with Crippen molar-refractivity contribution in [3.63, 3.8) is 0 Å². The fourth-order valence-corrected chi connectivity index (χ4v) is 1.98. The molecule has 0 bridgehead atoms. The number of benzene rings is 1. The Morgan fingerprint density at radius 2 is 1.94 bits per heavy atom. The van der Waals surface area contributed by atoms with Crippen LogP contribution in [0.25, 0.3) is 0 Å². The van der Waals surface area contributed by atoms with E-state index in [0.717, 1.165) is 18.5 Å². The van der Waals surface area contributed by atoms with E-state index in [1.807, 2.05) is 11.9 Å². The third-order valence-corrected chi connectivity index (χ3v) is 3.09. The number of aryl methyl sites for hydroxylation is 1. The number of likely N-dealkylation sites (N-methyl/N-ethyl adjacent to an activating group) is 1. The van der Waals surface area contributed by atoms with Crippen molar-refractivity contribution >= 4 is 11.6 Å². The lowest BCUT2D eigenvalue weighted by Gasteiger charge is -2.19. The van der Waals surface area contributed by atoms with Crippen molar-refractivity contribution in [3.8, 4) is 0 Å². The molecular formula is C13H20ClNO. The van der Waals surface area contributed by atoms with Gasteiger partial charge in [-0.1, -0.05) is 31.2 Å². The van der Waals surface area contributed by atoms with E-state index in [1.165, 1.54) is 5.56 Å². The Morgan fingerprint density at radius 1 is 1.31 bits per heavy atom. The van der Waals surface area contributed by atoms with E-state index < -0.39 is 0 Å². The average molecular weight is 242 g/mol. The van der Waals surface area contributed by atoms with Gasteiger partial charge in [0.25, 0.3) is 0 Å². The van der Waals surface area contributed by atoms with E-state index in [-0.39, 0.29) is 12.0 Å². The topological polar surface area (TPSA) is 23.5 Å². The number of halogens is 1. The number of hydrogen-bond donors (Lipinski definition) is 1. The standard InChI is InChI=1S/C13H20ClNO/c1-3-11-4-6-12(7-5-11)13(14)10-15(2)8-9-16/h4-7,13,16H,3,8-10H2,1-2H3. The molecule has 90 valence electrons. The van der Waals surface area contributed by atoms with Gasteiger partial charge < -0.3 is 10.0 Å². The monoisotopic (exact) mass is 241 g/mol. The lowest BCUT2D eigenvalue weighted by molar-refractivity contribution is 0.221. The zero-order valence-corrected chi connectivity index (χ0v) is 10.7. The van der Waals surface area contributed by atoms with Gasteiger partial charge in [0.1, 0.15) is 0 Å². The zero-order valence-electron chi connectivity index (χ0n) is 9.99. The summed E-state index contributed by atoms with van der Waals surface area (Å²) >= 11 is 6.31. The van der Waals surface area contributed by atoms with E-state index >= 15 is 0 Å². The van der Waals surface area contributed by atoms with Crippen LogP contribution in [0, 0.1) is 0 Å². The van der Waals surface area contributed by atoms with Crippen LogP contribution >= 0.6 is 11.6 Å². The molecule has 1 atom stereocenters. The summed E-state index contributed by atoms with van der Waals surface area (Å²) in [7, 11) is 1.96. The molecule has 0 heterocycles. The lowest BCUT2D eigenvalue weighted by Crippen LogP contribution is -2.25. The first-order chi connectivity index (χ1) is 7.67. The summed E-state index contributed by atoms with van der Waals surface area (Å²) in [5.41, 5.74) is 2.47. The molecule has 1 rings (SSSR count). The van der Waals surface area contributed by atoms with Crippen LogP contribution < -0.4 is 0 Å². The van der Waals surface area contributed by atoms with Crippen molar-refractivity contribution < 1.29 is 5.11 Å². The Balaban J connectivity index is 2.55. The van der Waals surface area contributed by atoms with Gasteiger partial charge in [0.05, 0.1) is 12.0 Å². The van der Waals surface area contributed by atoms with Crippen molar-refractivity contribution in [1.82, 2.24) is 4.90 Å². The van der Waals surface area contributed by atoms with Gasteiger partial charge in [0, 0.05) is 13.1 Å². The molecule has 0 amide bonds. The van der Waals surface area contributed by atoms with Crippen LogP contribution in [0.1, 0.15) is 23.4 Å². The molecule has 1 aromatic carbocycles. The van der Waals surface area contributed by atoms with Gasteiger partial charge in [-0.2, -0.15) is 0 Å². The van der Waals surface area contributed by atoms with Crippen molar-refractivity contribution in [3.05, 3.63) is 35.4 Å². The Hall–Kier alpha value is -0.570. The summed E-state index contributed by atoms with van der Waals surface area (Å²) in [5.74, 6) is 0. The molecule has 0 radical (unpaired) electrons. The molecule has 0 aliphatic carbocycles. The first-order valence-electron chi connectivity index (χ1n) is 5.69. The maximum Gasteiger partial charge on any atom is 0.0712 e. The van der Waals surface area contributed by atoms with Gasteiger partial charge in [0.15, 0.2) is 0 Å². The largest absolute Gasteiger partial charge is 0.395 e. The second-order valence-corrected chi connectivity index (χ2v) is 4.58. The van der Waals surface area contributed by atoms with Gasteiger partial charge in [-0.05, 0) is 24.6 Å². The molecule has 16 heavy (non-hydrogen) atoms. The van der Waals surface area contributed by atoms with Crippen LogP contribution in [-0.2, 0) is 6.42 Å². The van der Waals surface area contributed by atoms with E-state index in [1.54, 1.807) is 0 Å². The molecule has 3 heteroatoms. The maximum atomic E-state index is 8.80. The highest BCUT2D eigenvalue weighted by Gasteiger charge is 2.10. The predicted molar refractivity (Wildman–Crippen MR) is 69.0 cm³/mol. The summed E-state index contributed by atoms with van der Waals surface area (Å²) in [6, 6.07) is 8.42. The number of hydrogen-bond acceptors (Lipinski definition) is 2. The second-order valence-electron chi connectivity index (χ2n) is 4.05. The first kappa shape index (κ1) is 13.5. The Bertz CT molecular complexity index is 299. The smallest absolute Gasteiger partial charge is 0.0712 e. The molecular weight excluding hydrogens is 222 g/mol. The molecule has 0 saturated heterocycles. The fourth-order valence-electron chi connectivity index (χ4n) is 1.60. The molecule has 1 aromatic rings. The van der Waals surface area contributed by atoms with Gasteiger partial charge in [-0.25, -0.2) is 0 Å². The van der Waals surface area contributed by atoms with E-state index in [4.69, 9.17) is 16.7 Å². The second kappa shape index (κ2) is 6.89. The molecule has 0 aliphatic rings. The highest BCUT2D eigenvalue weighted by atomic mass is 35.5. The summed E-state index contributed by atoms with van der Waals surface area (Å²) in [6.07, 6.45) is 1.05. The predicted octanol–water partition coefficient (Wildman–Crippen LogP) is 2.45.